The summed E-state index contributed by atoms with van der Waals surface area (Å²) >= 11 is 1.38. The molecule has 1 nitrogen and oxygen atoms in total. The molecule has 0 aliphatic heterocycles. The van der Waals surface area contributed by atoms with Gasteiger partial charge in [-0.3, -0.25) is 0 Å². The molecule has 0 fully saturated rings. The molecular weight excluding hydrogens is 252 g/mol. The van der Waals surface area contributed by atoms with Crippen molar-refractivity contribution >= 4 is 11.8 Å². The molecule has 0 aliphatic rings. The van der Waals surface area contributed by atoms with Gasteiger partial charge in [0.2, 0.25) is 0 Å². The molecule has 4 heteroatoms. The Kier molecular flexibility index (Phi) is 7.28. The Morgan fingerprint density at radius 1 is 1.33 bits per heavy atom. The van der Waals surface area contributed by atoms with Crippen molar-refractivity contribution in [3.05, 3.63) is 29.8 Å². The van der Waals surface area contributed by atoms with Crippen molar-refractivity contribution in [2.45, 2.75) is 44.0 Å². The van der Waals surface area contributed by atoms with Crippen LogP contribution >= 0.6 is 11.8 Å². The third kappa shape index (κ3) is 5.83. The summed E-state index contributed by atoms with van der Waals surface area (Å²) in [4.78, 5) is 0.407. The van der Waals surface area contributed by atoms with Crippen LogP contribution in [0.5, 0.6) is 0 Å². The molecular formula is C14H21F2NS. The lowest BCUT2D eigenvalue weighted by Crippen LogP contribution is -2.26. The molecule has 1 unspecified atom stereocenters. The van der Waals surface area contributed by atoms with Crippen LogP contribution in [-0.2, 0) is 0 Å². The summed E-state index contributed by atoms with van der Waals surface area (Å²) in [7, 11) is 0. The summed E-state index contributed by atoms with van der Waals surface area (Å²) < 4.78 is 26.3. The third-order valence-corrected chi connectivity index (χ3v) is 3.79. The van der Waals surface area contributed by atoms with Crippen LogP contribution in [0.2, 0.25) is 0 Å². The van der Waals surface area contributed by atoms with E-state index in [4.69, 9.17) is 0 Å². The van der Waals surface area contributed by atoms with Gasteiger partial charge in [0.1, 0.15) is 11.6 Å². The average molecular weight is 273 g/mol. The van der Waals surface area contributed by atoms with Gasteiger partial charge in [0.05, 0.1) is 0 Å². The van der Waals surface area contributed by atoms with Crippen LogP contribution in [-0.4, -0.2) is 18.3 Å². The molecule has 0 aromatic heterocycles. The normalized spacial score (nSPS) is 12.7. The highest BCUT2D eigenvalue weighted by Gasteiger charge is 2.05. The minimum atomic E-state index is -0.378. The second-order valence-corrected chi connectivity index (χ2v) is 5.56. The summed E-state index contributed by atoms with van der Waals surface area (Å²) in [6.45, 7) is 5.33. The maximum absolute atomic E-state index is 13.3. The molecule has 0 saturated carbocycles. The minimum absolute atomic E-state index is 0.335. The van der Waals surface area contributed by atoms with Gasteiger partial charge in [-0.15, -0.1) is 11.8 Å². The Labute approximate surface area is 112 Å². The summed E-state index contributed by atoms with van der Waals surface area (Å²) in [5.41, 5.74) is 0. The van der Waals surface area contributed by atoms with Crippen LogP contribution in [0.25, 0.3) is 0 Å². The molecule has 1 N–H and O–H groups in total. The van der Waals surface area contributed by atoms with E-state index in [0.29, 0.717) is 10.9 Å². The SMILES string of the molecule is CCCNC(C)CCCSc1cc(F)ccc1F. The van der Waals surface area contributed by atoms with Gasteiger partial charge in [-0.2, -0.15) is 0 Å². The van der Waals surface area contributed by atoms with Crippen molar-refractivity contribution in [2.75, 3.05) is 12.3 Å². The molecule has 0 radical (unpaired) electrons. The van der Waals surface area contributed by atoms with Crippen molar-refractivity contribution in [2.24, 2.45) is 0 Å². The van der Waals surface area contributed by atoms with E-state index in [9.17, 15) is 8.78 Å². The predicted octanol–water partition coefficient (Wildman–Crippen LogP) is 4.23. The number of thioether (sulfide) groups is 1. The zero-order valence-corrected chi connectivity index (χ0v) is 11.8. The van der Waals surface area contributed by atoms with Crippen LogP contribution < -0.4 is 5.32 Å². The van der Waals surface area contributed by atoms with Gasteiger partial charge >= 0.3 is 0 Å². The fourth-order valence-corrected chi connectivity index (χ4v) is 2.59. The first kappa shape index (κ1) is 15.4. The topological polar surface area (TPSA) is 12.0 Å². The monoisotopic (exact) mass is 273 g/mol. The van der Waals surface area contributed by atoms with Gasteiger partial charge in [-0.25, -0.2) is 8.78 Å². The van der Waals surface area contributed by atoms with Crippen molar-refractivity contribution in [3.63, 3.8) is 0 Å². The minimum Gasteiger partial charge on any atom is -0.314 e. The Hall–Kier alpha value is -0.610. The van der Waals surface area contributed by atoms with Crippen LogP contribution in [0, 0.1) is 11.6 Å². The highest BCUT2D eigenvalue weighted by Crippen LogP contribution is 2.23. The van der Waals surface area contributed by atoms with Gasteiger partial charge < -0.3 is 5.32 Å². The average Bonchev–Trinajstić information content (AvgIpc) is 2.36. The standard InChI is InChI=1S/C14H21F2NS/c1-3-8-17-11(2)5-4-9-18-14-10-12(15)6-7-13(14)16/h6-7,10-11,17H,3-5,8-9H2,1-2H3. The maximum Gasteiger partial charge on any atom is 0.136 e. The number of nitrogens with one attached hydrogen (secondary N) is 1. The quantitative estimate of drug-likeness (QED) is 0.562. The van der Waals surface area contributed by atoms with Gasteiger partial charge in [-0.05, 0) is 56.7 Å². The number of rotatable bonds is 8. The van der Waals surface area contributed by atoms with Gasteiger partial charge in [-0.1, -0.05) is 6.92 Å². The highest BCUT2D eigenvalue weighted by atomic mass is 32.2. The van der Waals surface area contributed by atoms with Crippen LogP contribution in [0.4, 0.5) is 8.78 Å². The van der Waals surface area contributed by atoms with Crippen LogP contribution in [0.1, 0.15) is 33.1 Å². The molecule has 18 heavy (non-hydrogen) atoms. The summed E-state index contributed by atoms with van der Waals surface area (Å²) in [6.07, 6.45) is 3.19. The first-order chi connectivity index (χ1) is 8.63. The van der Waals surface area contributed by atoms with E-state index in [1.807, 2.05) is 0 Å². The molecule has 1 aromatic rings. The first-order valence-electron chi connectivity index (χ1n) is 6.44. The molecule has 1 rings (SSSR count). The zero-order chi connectivity index (χ0) is 13.4. The molecule has 0 saturated heterocycles. The van der Waals surface area contributed by atoms with Crippen LogP contribution in [0.15, 0.2) is 23.1 Å². The number of benzene rings is 1. The summed E-state index contributed by atoms with van der Waals surface area (Å²) in [5.74, 6) is 0.105. The van der Waals surface area contributed by atoms with Crippen LogP contribution in [0.3, 0.4) is 0 Å². The predicted molar refractivity (Wildman–Crippen MR) is 74.1 cm³/mol. The fourth-order valence-electron chi connectivity index (χ4n) is 1.65. The second kappa shape index (κ2) is 8.48. The van der Waals surface area contributed by atoms with E-state index in [1.54, 1.807) is 0 Å². The van der Waals surface area contributed by atoms with Gasteiger partial charge in [0.25, 0.3) is 0 Å². The Balaban J connectivity index is 2.23. The zero-order valence-electron chi connectivity index (χ0n) is 11.0. The molecule has 0 spiro atoms. The summed E-state index contributed by atoms with van der Waals surface area (Å²) in [6, 6.07) is 4.08. The van der Waals surface area contributed by atoms with Crippen molar-refractivity contribution in [3.8, 4) is 0 Å². The van der Waals surface area contributed by atoms with Gasteiger partial charge in [0, 0.05) is 10.9 Å². The number of halogens is 2. The maximum atomic E-state index is 13.3. The molecule has 0 heterocycles. The Bertz CT molecular complexity index is 358. The lowest BCUT2D eigenvalue weighted by atomic mass is 10.2. The van der Waals surface area contributed by atoms with E-state index >= 15 is 0 Å². The molecule has 0 amide bonds. The Morgan fingerprint density at radius 3 is 2.83 bits per heavy atom. The van der Waals surface area contributed by atoms with E-state index in [-0.39, 0.29) is 11.6 Å². The van der Waals surface area contributed by atoms with E-state index in [1.165, 1.54) is 23.9 Å². The van der Waals surface area contributed by atoms with E-state index in [0.717, 1.165) is 37.6 Å². The molecule has 1 aromatic carbocycles. The number of hydrogen-bond acceptors (Lipinski definition) is 2. The fraction of sp³-hybridized carbons (Fsp3) is 0.571. The van der Waals surface area contributed by atoms with Gasteiger partial charge in [0.15, 0.2) is 0 Å². The lowest BCUT2D eigenvalue weighted by molar-refractivity contribution is 0.510. The highest BCUT2D eigenvalue weighted by molar-refractivity contribution is 7.99. The van der Waals surface area contributed by atoms with E-state index < -0.39 is 0 Å². The van der Waals surface area contributed by atoms with Crippen molar-refractivity contribution < 1.29 is 8.78 Å². The first-order valence-corrected chi connectivity index (χ1v) is 7.43. The van der Waals surface area contributed by atoms with Crippen molar-refractivity contribution in [1.29, 1.82) is 0 Å². The largest absolute Gasteiger partial charge is 0.314 e. The third-order valence-electron chi connectivity index (χ3n) is 2.68. The molecule has 0 bridgehead atoms. The molecule has 1 atom stereocenters. The lowest BCUT2D eigenvalue weighted by Gasteiger charge is -2.12. The number of hydrogen-bond donors (Lipinski definition) is 1. The smallest absolute Gasteiger partial charge is 0.136 e. The van der Waals surface area contributed by atoms with Crippen molar-refractivity contribution in [1.82, 2.24) is 5.32 Å². The molecule has 0 aliphatic carbocycles. The molecule has 102 valence electrons. The Morgan fingerprint density at radius 2 is 2.11 bits per heavy atom. The second-order valence-electron chi connectivity index (χ2n) is 4.42. The van der Waals surface area contributed by atoms with E-state index in [2.05, 4.69) is 19.2 Å². The summed E-state index contributed by atoms with van der Waals surface area (Å²) in [5, 5.41) is 3.41.